The summed E-state index contributed by atoms with van der Waals surface area (Å²) in [5.41, 5.74) is 4.30. The number of hydrogen-bond acceptors (Lipinski definition) is 3. The molecule has 0 spiro atoms. The zero-order valence-corrected chi connectivity index (χ0v) is 22.1. The van der Waals surface area contributed by atoms with Crippen LogP contribution in [0, 0.1) is 6.92 Å². The maximum absolute atomic E-state index is 12.6. The molecule has 0 fully saturated rings. The van der Waals surface area contributed by atoms with Gasteiger partial charge in [0.25, 0.3) is 0 Å². The first-order valence-electron chi connectivity index (χ1n) is 10.4. The van der Waals surface area contributed by atoms with E-state index < -0.39 is 10.0 Å². The van der Waals surface area contributed by atoms with Crippen LogP contribution in [-0.2, 0) is 23.0 Å². The Bertz CT molecular complexity index is 1170. The number of aromatic nitrogens is 1. The molecule has 7 nitrogen and oxygen atoms in total. The molecule has 1 heterocycles. The highest BCUT2D eigenvalue weighted by atomic mass is 127. The second kappa shape index (κ2) is 11.7. The molecule has 3 rings (SSSR count). The molecule has 9 heteroatoms. The molecule has 32 heavy (non-hydrogen) atoms. The molecule has 3 aromatic rings. The minimum absolute atomic E-state index is 0. The van der Waals surface area contributed by atoms with E-state index in [2.05, 4.69) is 51.9 Å². The Kier molecular flexibility index (Phi) is 9.53. The fourth-order valence-corrected chi connectivity index (χ4v) is 4.52. The molecule has 0 aliphatic heterocycles. The van der Waals surface area contributed by atoms with Crippen molar-refractivity contribution in [3.05, 3.63) is 65.4 Å². The summed E-state index contributed by atoms with van der Waals surface area (Å²) in [5.74, 6) is 0.662. The smallest absolute Gasteiger partial charge is 0.242 e. The molecule has 174 valence electrons. The Hall–Kier alpha value is -2.11. The van der Waals surface area contributed by atoms with Gasteiger partial charge in [0.05, 0.1) is 11.4 Å². The molecule has 0 aliphatic rings. The summed E-state index contributed by atoms with van der Waals surface area (Å²) in [7, 11) is -0.449. The third kappa shape index (κ3) is 6.23. The fourth-order valence-electron chi connectivity index (χ4n) is 3.41. The number of nitrogens with one attached hydrogen (secondary N) is 3. The van der Waals surface area contributed by atoms with E-state index in [0.29, 0.717) is 18.1 Å². The highest BCUT2D eigenvalue weighted by molar-refractivity contribution is 14.0. The fraction of sp³-hybridized carbons (Fsp3) is 0.348. The number of guanidine groups is 1. The summed E-state index contributed by atoms with van der Waals surface area (Å²) in [4.78, 5) is 8.23. The first kappa shape index (κ1) is 26.1. The van der Waals surface area contributed by atoms with E-state index in [9.17, 15) is 8.42 Å². The summed E-state index contributed by atoms with van der Waals surface area (Å²) in [6.07, 6.45) is 2.90. The van der Waals surface area contributed by atoms with Gasteiger partial charge in [0.15, 0.2) is 5.96 Å². The molecule has 2 aromatic carbocycles. The molecule has 0 bridgehead atoms. The van der Waals surface area contributed by atoms with E-state index in [1.165, 1.54) is 34.9 Å². The van der Waals surface area contributed by atoms with Crippen molar-refractivity contribution in [3.8, 4) is 0 Å². The number of aliphatic imine (C=N–C) groups is 1. The first-order valence-corrected chi connectivity index (χ1v) is 11.9. The minimum atomic E-state index is -3.52. The first-order chi connectivity index (χ1) is 14.8. The number of benzene rings is 2. The second-order valence-electron chi connectivity index (χ2n) is 7.63. The van der Waals surface area contributed by atoms with Gasteiger partial charge in [-0.1, -0.05) is 30.3 Å². The number of sulfonamides is 1. The number of hydrogen-bond donors (Lipinski definition) is 3. The van der Waals surface area contributed by atoms with Gasteiger partial charge in [-0.25, -0.2) is 17.7 Å². The number of aryl methyl sites for hydroxylation is 1. The van der Waals surface area contributed by atoms with Crippen molar-refractivity contribution in [1.82, 2.24) is 19.9 Å². The molecule has 1 aromatic heterocycles. The molecule has 0 unspecified atom stereocenters. The van der Waals surface area contributed by atoms with Gasteiger partial charge in [-0.3, -0.25) is 0 Å². The van der Waals surface area contributed by atoms with Gasteiger partial charge in [0.2, 0.25) is 10.0 Å². The molecule has 0 saturated carbocycles. The van der Waals surface area contributed by atoms with Crippen LogP contribution in [0.25, 0.3) is 10.9 Å². The normalized spacial score (nSPS) is 12.1. The zero-order chi connectivity index (χ0) is 22.4. The van der Waals surface area contributed by atoms with E-state index in [0.717, 1.165) is 18.5 Å². The standard InChI is InChI=1S/C23H31N5O2S.HI/c1-5-24-23(25-13-12-18-15-26-21-14-17(2)10-11-20(18)21)27-16-19-8-6-7-9-22(19)31(29,30)28(3)4;/h6-11,14-15,26H,5,12-13,16H2,1-4H3,(H2,24,25,27);1H. The number of H-pyrrole nitrogens is 1. The summed E-state index contributed by atoms with van der Waals surface area (Å²) in [5, 5.41) is 7.81. The van der Waals surface area contributed by atoms with Gasteiger partial charge < -0.3 is 15.6 Å². The van der Waals surface area contributed by atoms with Crippen molar-refractivity contribution in [2.24, 2.45) is 4.99 Å². The Labute approximate surface area is 207 Å². The third-order valence-electron chi connectivity index (χ3n) is 5.09. The van der Waals surface area contributed by atoms with E-state index in [4.69, 9.17) is 0 Å². The Morgan fingerprint density at radius 1 is 1.09 bits per heavy atom. The molecular formula is C23H32IN5O2S. The number of rotatable bonds is 8. The summed E-state index contributed by atoms with van der Waals surface area (Å²) < 4.78 is 26.4. The van der Waals surface area contributed by atoms with Crippen molar-refractivity contribution >= 4 is 50.9 Å². The third-order valence-corrected chi connectivity index (χ3v) is 7.01. The van der Waals surface area contributed by atoms with E-state index >= 15 is 0 Å². The predicted molar refractivity (Wildman–Crippen MR) is 142 cm³/mol. The van der Waals surface area contributed by atoms with Gasteiger partial charge >= 0.3 is 0 Å². The molecule has 0 radical (unpaired) electrons. The van der Waals surface area contributed by atoms with Gasteiger partial charge in [-0.2, -0.15) is 0 Å². The van der Waals surface area contributed by atoms with Crippen LogP contribution in [0.1, 0.15) is 23.6 Å². The van der Waals surface area contributed by atoms with Gasteiger partial charge in [-0.15, -0.1) is 24.0 Å². The van der Waals surface area contributed by atoms with Crippen LogP contribution in [-0.4, -0.2) is 50.9 Å². The van der Waals surface area contributed by atoms with Crippen molar-refractivity contribution in [1.29, 1.82) is 0 Å². The van der Waals surface area contributed by atoms with E-state index in [1.54, 1.807) is 18.2 Å². The van der Waals surface area contributed by atoms with Crippen molar-refractivity contribution in [3.63, 3.8) is 0 Å². The lowest BCUT2D eigenvalue weighted by Crippen LogP contribution is -2.38. The number of fused-ring (bicyclic) bond motifs is 1. The minimum Gasteiger partial charge on any atom is -0.361 e. The zero-order valence-electron chi connectivity index (χ0n) is 19.0. The van der Waals surface area contributed by atoms with Crippen LogP contribution in [0.4, 0.5) is 0 Å². The average molecular weight is 570 g/mol. The monoisotopic (exact) mass is 569 g/mol. The highest BCUT2D eigenvalue weighted by Gasteiger charge is 2.20. The lowest BCUT2D eigenvalue weighted by molar-refractivity contribution is 0.519. The van der Waals surface area contributed by atoms with Gasteiger partial charge in [-0.05, 0) is 49.1 Å². The number of halogens is 1. The quantitative estimate of drug-likeness (QED) is 0.220. The molecule has 0 amide bonds. The molecular weight excluding hydrogens is 537 g/mol. The Balaban J connectivity index is 0.00000363. The van der Waals surface area contributed by atoms with Crippen LogP contribution in [0.5, 0.6) is 0 Å². The predicted octanol–water partition coefficient (Wildman–Crippen LogP) is 3.64. The highest BCUT2D eigenvalue weighted by Crippen LogP contribution is 2.20. The molecule has 3 N–H and O–H groups in total. The molecule has 0 aliphatic carbocycles. The summed E-state index contributed by atoms with van der Waals surface area (Å²) in [6, 6.07) is 13.4. The largest absolute Gasteiger partial charge is 0.361 e. The van der Waals surface area contributed by atoms with E-state index in [-0.39, 0.29) is 35.4 Å². The molecule has 0 saturated heterocycles. The lowest BCUT2D eigenvalue weighted by Gasteiger charge is -2.15. The topological polar surface area (TPSA) is 89.6 Å². The van der Waals surface area contributed by atoms with Crippen molar-refractivity contribution in [2.45, 2.75) is 31.7 Å². The summed E-state index contributed by atoms with van der Waals surface area (Å²) >= 11 is 0. The Morgan fingerprint density at radius 3 is 2.56 bits per heavy atom. The SMILES string of the molecule is CCNC(=NCc1ccccc1S(=O)(=O)N(C)C)NCCc1c[nH]c2cc(C)ccc12.I. The van der Waals surface area contributed by atoms with Gasteiger partial charge in [0, 0.05) is 44.3 Å². The van der Waals surface area contributed by atoms with E-state index in [1.807, 2.05) is 13.0 Å². The van der Waals surface area contributed by atoms with Crippen LogP contribution >= 0.6 is 24.0 Å². The van der Waals surface area contributed by atoms with Crippen LogP contribution in [0.3, 0.4) is 0 Å². The van der Waals surface area contributed by atoms with Gasteiger partial charge in [0.1, 0.15) is 0 Å². The maximum Gasteiger partial charge on any atom is 0.242 e. The van der Waals surface area contributed by atoms with Crippen LogP contribution < -0.4 is 10.6 Å². The number of aromatic amines is 1. The average Bonchev–Trinajstić information content (AvgIpc) is 3.14. The Morgan fingerprint density at radius 2 is 1.84 bits per heavy atom. The second-order valence-corrected chi connectivity index (χ2v) is 9.75. The van der Waals surface area contributed by atoms with Crippen LogP contribution in [0.15, 0.2) is 58.5 Å². The van der Waals surface area contributed by atoms with Crippen molar-refractivity contribution in [2.75, 3.05) is 27.2 Å². The lowest BCUT2D eigenvalue weighted by atomic mass is 10.1. The summed E-state index contributed by atoms with van der Waals surface area (Å²) in [6.45, 7) is 5.79. The van der Waals surface area contributed by atoms with Crippen molar-refractivity contribution < 1.29 is 8.42 Å². The molecule has 0 atom stereocenters. The number of nitrogens with zero attached hydrogens (tertiary/aromatic N) is 2. The van der Waals surface area contributed by atoms with Crippen LogP contribution in [0.2, 0.25) is 0 Å². The maximum atomic E-state index is 12.6.